The highest BCUT2D eigenvalue weighted by atomic mass is 35.5. The van der Waals surface area contributed by atoms with E-state index in [9.17, 15) is 13.2 Å². The predicted octanol–water partition coefficient (Wildman–Crippen LogP) is 5.29. The number of nitrogens with one attached hydrogen (secondary N) is 4. The second kappa shape index (κ2) is 10.8. The normalized spacial score (nSPS) is 13.6. The number of amides is 1. The molecule has 4 aromatic rings. The van der Waals surface area contributed by atoms with Crippen molar-refractivity contribution in [2.45, 2.75) is 25.8 Å². The van der Waals surface area contributed by atoms with Crippen LogP contribution in [0.4, 0.5) is 17.3 Å². The smallest absolute Gasteiger partial charge is 0.247 e. The number of hydrogen-bond acceptors (Lipinski definition) is 8. The Kier molecular flexibility index (Phi) is 7.43. The Morgan fingerprint density at radius 1 is 1.15 bits per heavy atom. The third-order valence-electron chi connectivity index (χ3n) is 6.23. The number of rotatable bonds is 8. The van der Waals surface area contributed by atoms with Gasteiger partial charge >= 0.3 is 0 Å². The van der Waals surface area contributed by atoms with E-state index in [0.717, 1.165) is 17.2 Å². The lowest BCUT2D eigenvalue weighted by Crippen LogP contribution is -2.48. The van der Waals surface area contributed by atoms with Gasteiger partial charge in [0.1, 0.15) is 39.3 Å². The fourth-order valence-corrected chi connectivity index (χ4v) is 6.26. The van der Waals surface area contributed by atoms with Crippen molar-refractivity contribution in [3.63, 3.8) is 0 Å². The van der Waals surface area contributed by atoms with Crippen molar-refractivity contribution in [3.8, 4) is 11.5 Å². The molecule has 0 atom stereocenters. The summed E-state index contributed by atoms with van der Waals surface area (Å²) < 4.78 is 29.7. The summed E-state index contributed by atoms with van der Waals surface area (Å²) in [5.41, 5.74) is 1.77. The highest BCUT2D eigenvalue weighted by Crippen LogP contribution is 2.36. The van der Waals surface area contributed by atoms with Crippen LogP contribution in [0, 0.1) is 0 Å². The molecule has 0 spiro atoms. The van der Waals surface area contributed by atoms with Crippen LogP contribution in [0.15, 0.2) is 60.6 Å². The molecule has 0 saturated carbocycles. The van der Waals surface area contributed by atoms with Crippen molar-refractivity contribution < 1.29 is 17.9 Å². The van der Waals surface area contributed by atoms with Gasteiger partial charge in [0, 0.05) is 46.7 Å². The number of hydrogen-bond donors (Lipinski definition) is 4. The zero-order chi connectivity index (χ0) is 28.5. The first-order chi connectivity index (χ1) is 19.0. The van der Waals surface area contributed by atoms with Crippen LogP contribution in [0.1, 0.15) is 25.8 Å². The molecular weight excluding hydrogens is 552 g/mol. The van der Waals surface area contributed by atoms with E-state index in [1.54, 1.807) is 32.1 Å². The maximum absolute atomic E-state index is 13.1. The van der Waals surface area contributed by atoms with Gasteiger partial charge in [-0.3, -0.25) is 4.79 Å². The van der Waals surface area contributed by atoms with Crippen LogP contribution in [-0.4, -0.2) is 53.4 Å². The van der Waals surface area contributed by atoms with E-state index in [0.29, 0.717) is 57.9 Å². The third kappa shape index (κ3) is 6.37. The van der Waals surface area contributed by atoms with E-state index in [2.05, 4.69) is 30.9 Å². The largest absolute Gasteiger partial charge is 0.455 e. The SMILES string of the molecule is CC(C)(CS(C)(=O)=O)NC(=O)C1=Cc2c(ncnc2Nc2ccc(Oc3cccc4[nH]ccc34)c(Cl)c2)NCC1. The van der Waals surface area contributed by atoms with E-state index in [4.69, 9.17) is 16.3 Å². The molecule has 0 radical (unpaired) electrons. The number of H-pyrrole nitrogens is 1. The first-order valence-electron chi connectivity index (χ1n) is 12.6. The Morgan fingerprint density at radius 2 is 1.98 bits per heavy atom. The number of benzene rings is 2. The average Bonchev–Trinajstić information content (AvgIpc) is 3.23. The molecule has 4 N–H and O–H groups in total. The Bertz CT molecular complexity index is 1730. The minimum absolute atomic E-state index is 0.176. The monoisotopic (exact) mass is 580 g/mol. The molecule has 0 unspecified atom stereocenters. The fraction of sp³-hybridized carbons (Fsp3) is 0.250. The quantitative estimate of drug-likeness (QED) is 0.221. The highest BCUT2D eigenvalue weighted by Gasteiger charge is 2.27. The van der Waals surface area contributed by atoms with Gasteiger partial charge in [-0.2, -0.15) is 0 Å². The number of fused-ring (bicyclic) bond motifs is 2. The lowest BCUT2D eigenvalue weighted by Gasteiger charge is -2.25. The van der Waals surface area contributed by atoms with Crippen molar-refractivity contribution >= 4 is 61.6 Å². The lowest BCUT2D eigenvalue weighted by atomic mass is 10.0. The molecular formula is C28H29ClN6O4S. The number of nitrogens with zero attached hydrogens (tertiary/aromatic N) is 2. The molecule has 3 heterocycles. The van der Waals surface area contributed by atoms with Gasteiger partial charge in [-0.15, -0.1) is 0 Å². The number of carbonyl (C=O) groups is 1. The zero-order valence-electron chi connectivity index (χ0n) is 22.2. The molecule has 5 rings (SSSR count). The highest BCUT2D eigenvalue weighted by molar-refractivity contribution is 7.90. The summed E-state index contributed by atoms with van der Waals surface area (Å²) in [7, 11) is -3.28. The van der Waals surface area contributed by atoms with E-state index >= 15 is 0 Å². The van der Waals surface area contributed by atoms with Crippen LogP contribution in [0.5, 0.6) is 11.5 Å². The summed E-state index contributed by atoms with van der Waals surface area (Å²) in [6.45, 7) is 3.84. The molecule has 208 valence electrons. The van der Waals surface area contributed by atoms with Crippen LogP contribution in [-0.2, 0) is 14.6 Å². The molecule has 40 heavy (non-hydrogen) atoms. The summed E-state index contributed by atoms with van der Waals surface area (Å²) >= 11 is 6.59. The summed E-state index contributed by atoms with van der Waals surface area (Å²) in [6.07, 6.45) is 6.57. The predicted molar refractivity (Wildman–Crippen MR) is 158 cm³/mol. The second-order valence-corrected chi connectivity index (χ2v) is 12.9. The molecule has 2 aromatic heterocycles. The van der Waals surface area contributed by atoms with Gasteiger partial charge < -0.3 is 25.7 Å². The summed E-state index contributed by atoms with van der Waals surface area (Å²) in [5, 5.41) is 10.7. The molecule has 2 aromatic carbocycles. The molecule has 12 heteroatoms. The number of halogens is 1. The Labute approximate surface area is 237 Å². The van der Waals surface area contributed by atoms with E-state index in [-0.39, 0.29) is 11.7 Å². The average molecular weight is 581 g/mol. The van der Waals surface area contributed by atoms with Gasteiger partial charge in [0.15, 0.2) is 0 Å². The molecule has 0 saturated heterocycles. The van der Waals surface area contributed by atoms with E-state index in [1.807, 2.05) is 36.5 Å². The van der Waals surface area contributed by atoms with Crippen LogP contribution in [0.2, 0.25) is 5.02 Å². The summed E-state index contributed by atoms with van der Waals surface area (Å²) in [5.74, 6) is 1.71. The van der Waals surface area contributed by atoms with Gasteiger partial charge in [-0.1, -0.05) is 17.7 Å². The van der Waals surface area contributed by atoms with Gasteiger partial charge in [-0.25, -0.2) is 18.4 Å². The molecule has 10 nitrogen and oxygen atoms in total. The Morgan fingerprint density at radius 3 is 2.75 bits per heavy atom. The minimum atomic E-state index is -3.28. The molecule has 1 aliphatic heterocycles. The maximum atomic E-state index is 13.1. The Balaban J connectivity index is 1.38. The number of sulfone groups is 1. The topological polar surface area (TPSA) is 138 Å². The number of anilines is 3. The van der Waals surface area contributed by atoms with Crippen LogP contribution in [0.25, 0.3) is 17.0 Å². The molecule has 0 fully saturated rings. The molecule has 1 amide bonds. The first kappa shape index (κ1) is 27.5. The number of aromatic amines is 1. The van der Waals surface area contributed by atoms with Gasteiger partial charge in [0.05, 0.1) is 16.3 Å². The second-order valence-electron chi connectivity index (χ2n) is 10.3. The first-order valence-corrected chi connectivity index (χ1v) is 15.0. The summed E-state index contributed by atoms with van der Waals surface area (Å²) in [6, 6.07) is 13.0. The van der Waals surface area contributed by atoms with Crippen molar-refractivity contribution in [2.24, 2.45) is 0 Å². The van der Waals surface area contributed by atoms with E-state index in [1.165, 1.54) is 6.33 Å². The maximum Gasteiger partial charge on any atom is 0.247 e. The van der Waals surface area contributed by atoms with Crippen molar-refractivity contribution in [2.75, 3.05) is 29.2 Å². The van der Waals surface area contributed by atoms with Gasteiger partial charge in [0.2, 0.25) is 5.91 Å². The molecule has 0 aliphatic carbocycles. The van der Waals surface area contributed by atoms with Crippen molar-refractivity contribution in [3.05, 3.63) is 71.1 Å². The van der Waals surface area contributed by atoms with Gasteiger partial charge in [-0.05, 0) is 62.7 Å². The van der Waals surface area contributed by atoms with Crippen molar-refractivity contribution in [1.82, 2.24) is 20.3 Å². The standard InChI is InChI=1S/C28H29ClN6O4S/c1-28(2,15-40(3,37)38)35-27(36)17-9-11-31-25-20(13-17)26(33-16-32-25)34-18-7-8-24(21(29)14-18)39-23-6-4-5-22-19(23)10-12-30-22/h4-8,10,12-14,16,30H,9,11,15H2,1-3H3,(H,35,36)(H2,31,32,33,34). The number of aromatic nitrogens is 3. The van der Waals surface area contributed by atoms with Crippen LogP contribution in [0.3, 0.4) is 0 Å². The number of ether oxygens (including phenoxy) is 1. The fourth-order valence-electron chi connectivity index (χ4n) is 4.66. The zero-order valence-corrected chi connectivity index (χ0v) is 23.8. The Hall–Kier alpha value is -4.09. The van der Waals surface area contributed by atoms with Crippen molar-refractivity contribution in [1.29, 1.82) is 0 Å². The third-order valence-corrected chi connectivity index (χ3v) is 7.77. The van der Waals surface area contributed by atoms with E-state index < -0.39 is 15.4 Å². The number of carbonyl (C=O) groups excluding carboxylic acids is 1. The van der Waals surface area contributed by atoms with Gasteiger partial charge in [0.25, 0.3) is 0 Å². The summed E-state index contributed by atoms with van der Waals surface area (Å²) in [4.78, 5) is 25.0. The van der Waals surface area contributed by atoms with Crippen LogP contribution >= 0.6 is 11.6 Å². The van der Waals surface area contributed by atoms with Crippen LogP contribution < -0.4 is 20.7 Å². The molecule has 1 aliphatic rings. The minimum Gasteiger partial charge on any atom is -0.455 e. The lowest BCUT2D eigenvalue weighted by molar-refractivity contribution is -0.118. The molecule has 0 bridgehead atoms.